The molecule has 0 amide bonds. The Morgan fingerprint density at radius 1 is 1.13 bits per heavy atom. The van der Waals surface area contributed by atoms with Crippen LogP contribution in [0.4, 0.5) is 11.5 Å². The van der Waals surface area contributed by atoms with Gasteiger partial charge in [0.1, 0.15) is 5.82 Å². The normalized spacial score (nSPS) is 10.2. The molecule has 0 unspecified atom stereocenters. The fourth-order valence-electron chi connectivity index (χ4n) is 1.40. The van der Waals surface area contributed by atoms with Crippen molar-refractivity contribution in [3.63, 3.8) is 0 Å². The Kier molecular flexibility index (Phi) is 2.47. The highest BCUT2D eigenvalue weighted by Gasteiger charge is 2.05. The van der Waals surface area contributed by atoms with E-state index >= 15 is 0 Å². The van der Waals surface area contributed by atoms with Crippen LogP contribution < -0.4 is 11.5 Å². The van der Waals surface area contributed by atoms with E-state index in [1.165, 1.54) is 0 Å². The summed E-state index contributed by atoms with van der Waals surface area (Å²) >= 11 is 5.90. The Morgan fingerprint density at radius 3 is 2.67 bits per heavy atom. The predicted octanol–water partition coefficient (Wildman–Crippen LogP) is 2.57. The summed E-state index contributed by atoms with van der Waals surface area (Å²) in [6.45, 7) is 0. The van der Waals surface area contributed by atoms with Gasteiger partial charge in [-0.2, -0.15) is 0 Å². The molecular formula is C11H10ClN3. The van der Waals surface area contributed by atoms with Crippen molar-refractivity contribution in [1.82, 2.24) is 4.98 Å². The summed E-state index contributed by atoms with van der Waals surface area (Å²) in [7, 11) is 0. The molecule has 0 saturated heterocycles. The number of halogens is 1. The molecule has 3 nitrogen and oxygen atoms in total. The number of pyridine rings is 1. The summed E-state index contributed by atoms with van der Waals surface area (Å²) in [6.07, 6.45) is 1.63. The molecule has 1 heterocycles. The summed E-state index contributed by atoms with van der Waals surface area (Å²) in [5.74, 6) is 0.340. The highest BCUT2D eigenvalue weighted by molar-refractivity contribution is 6.30. The van der Waals surface area contributed by atoms with Gasteiger partial charge in [0, 0.05) is 16.8 Å². The van der Waals surface area contributed by atoms with Gasteiger partial charge >= 0.3 is 0 Å². The number of nitrogens with two attached hydrogens (primary N) is 2. The van der Waals surface area contributed by atoms with Crippen molar-refractivity contribution in [2.24, 2.45) is 0 Å². The van der Waals surface area contributed by atoms with Crippen LogP contribution in [0.15, 0.2) is 36.5 Å². The van der Waals surface area contributed by atoms with E-state index in [1.54, 1.807) is 6.20 Å². The van der Waals surface area contributed by atoms with Gasteiger partial charge < -0.3 is 11.5 Å². The van der Waals surface area contributed by atoms with Crippen LogP contribution in [0.1, 0.15) is 0 Å². The van der Waals surface area contributed by atoms with E-state index < -0.39 is 0 Å². The van der Waals surface area contributed by atoms with Gasteiger partial charge in [0.05, 0.1) is 5.69 Å². The van der Waals surface area contributed by atoms with Crippen molar-refractivity contribution in [2.75, 3.05) is 11.5 Å². The van der Waals surface area contributed by atoms with Crippen molar-refractivity contribution >= 4 is 23.1 Å². The molecule has 0 bridgehead atoms. The molecule has 1 aromatic carbocycles. The van der Waals surface area contributed by atoms with Crippen LogP contribution in [0.25, 0.3) is 11.1 Å². The third-order valence-corrected chi connectivity index (χ3v) is 2.39. The van der Waals surface area contributed by atoms with Gasteiger partial charge in [0.25, 0.3) is 0 Å². The number of nitrogens with zero attached hydrogens (tertiary/aromatic N) is 1. The maximum atomic E-state index is 5.90. The van der Waals surface area contributed by atoms with Gasteiger partial charge in [-0.25, -0.2) is 4.98 Å². The molecule has 0 radical (unpaired) electrons. The first kappa shape index (κ1) is 9.80. The summed E-state index contributed by atoms with van der Waals surface area (Å²) < 4.78 is 0. The van der Waals surface area contributed by atoms with E-state index in [1.807, 2.05) is 30.3 Å². The zero-order chi connectivity index (χ0) is 10.8. The molecule has 76 valence electrons. The Balaban J connectivity index is 2.59. The molecule has 4 N–H and O–H groups in total. The lowest BCUT2D eigenvalue weighted by Crippen LogP contribution is -1.99. The lowest BCUT2D eigenvalue weighted by molar-refractivity contribution is 1.34. The monoisotopic (exact) mass is 219 g/mol. The first-order valence-electron chi connectivity index (χ1n) is 4.44. The largest absolute Gasteiger partial charge is 0.395 e. The summed E-state index contributed by atoms with van der Waals surface area (Å²) in [6, 6.07) is 9.26. The number of rotatable bonds is 1. The molecule has 15 heavy (non-hydrogen) atoms. The van der Waals surface area contributed by atoms with Crippen molar-refractivity contribution in [3.8, 4) is 11.1 Å². The van der Waals surface area contributed by atoms with Crippen LogP contribution in [-0.4, -0.2) is 4.98 Å². The van der Waals surface area contributed by atoms with E-state index in [0.717, 1.165) is 11.1 Å². The van der Waals surface area contributed by atoms with Crippen LogP contribution in [0.3, 0.4) is 0 Å². The molecule has 2 rings (SSSR count). The van der Waals surface area contributed by atoms with Crippen molar-refractivity contribution in [3.05, 3.63) is 41.6 Å². The highest BCUT2D eigenvalue weighted by Crippen LogP contribution is 2.29. The number of anilines is 2. The molecule has 0 fully saturated rings. The lowest BCUT2D eigenvalue weighted by atomic mass is 10.1. The van der Waals surface area contributed by atoms with E-state index in [-0.39, 0.29) is 0 Å². The van der Waals surface area contributed by atoms with Crippen molar-refractivity contribution < 1.29 is 0 Å². The molecule has 0 aliphatic heterocycles. The van der Waals surface area contributed by atoms with Crippen LogP contribution in [0.2, 0.25) is 5.02 Å². The minimum absolute atomic E-state index is 0.340. The fraction of sp³-hybridized carbons (Fsp3) is 0. The maximum absolute atomic E-state index is 5.90. The van der Waals surface area contributed by atoms with Crippen molar-refractivity contribution in [1.29, 1.82) is 0 Å². The SMILES string of the molecule is Nc1nccc(-c2cccc(Cl)c2)c1N. The summed E-state index contributed by atoms with van der Waals surface area (Å²) in [5.41, 5.74) is 13.7. The van der Waals surface area contributed by atoms with Gasteiger partial charge in [-0.1, -0.05) is 23.7 Å². The lowest BCUT2D eigenvalue weighted by Gasteiger charge is -2.07. The first-order chi connectivity index (χ1) is 7.18. The second-order valence-corrected chi connectivity index (χ2v) is 3.60. The van der Waals surface area contributed by atoms with Gasteiger partial charge in [-0.05, 0) is 23.8 Å². The van der Waals surface area contributed by atoms with Gasteiger partial charge in [0.2, 0.25) is 0 Å². The number of benzene rings is 1. The van der Waals surface area contributed by atoms with Crippen LogP contribution in [0, 0.1) is 0 Å². The molecule has 0 saturated carbocycles. The second-order valence-electron chi connectivity index (χ2n) is 3.17. The second kappa shape index (κ2) is 3.79. The van der Waals surface area contributed by atoms with Crippen molar-refractivity contribution in [2.45, 2.75) is 0 Å². The van der Waals surface area contributed by atoms with Crippen LogP contribution in [0.5, 0.6) is 0 Å². The zero-order valence-electron chi connectivity index (χ0n) is 7.94. The Bertz CT molecular complexity index is 497. The summed E-state index contributed by atoms with van der Waals surface area (Å²) in [4.78, 5) is 3.91. The Morgan fingerprint density at radius 2 is 1.93 bits per heavy atom. The van der Waals surface area contributed by atoms with Gasteiger partial charge in [0.15, 0.2) is 0 Å². The average Bonchev–Trinajstić information content (AvgIpc) is 2.22. The quantitative estimate of drug-likeness (QED) is 0.775. The highest BCUT2D eigenvalue weighted by atomic mass is 35.5. The molecule has 1 aromatic heterocycles. The van der Waals surface area contributed by atoms with Gasteiger partial charge in [-0.15, -0.1) is 0 Å². The van der Waals surface area contributed by atoms with E-state index in [0.29, 0.717) is 16.5 Å². The summed E-state index contributed by atoms with van der Waals surface area (Å²) in [5, 5.41) is 0.669. The maximum Gasteiger partial charge on any atom is 0.147 e. The van der Waals surface area contributed by atoms with Crippen LogP contribution in [-0.2, 0) is 0 Å². The molecule has 0 atom stereocenters. The molecular weight excluding hydrogens is 210 g/mol. The van der Waals surface area contributed by atoms with E-state index in [4.69, 9.17) is 23.1 Å². The Hall–Kier alpha value is -1.74. The third kappa shape index (κ3) is 1.87. The minimum Gasteiger partial charge on any atom is -0.395 e. The third-order valence-electron chi connectivity index (χ3n) is 2.16. The molecule has 0 aliphatic rings. The Labute approximate surface area is 92.7 Å². The molecule has 4 heteroatoms. The number of hydrogen-bond acceptors (Lipinski definition) is 3. The number of nitrogen functional groups attached to an aromatic ring is 2. The molecule has 2 aromatic rings. The standard InChI is InChI=1S/C11H10ClN3/c12-8-3-1-2-7(6-8)9-4-5-15-11(14)10(9)13/h1-6H,13H2,(H2,14,15). The minimum atomic E-state index is 0.340. The molecule has 0 aliphatic carbocycles. The smallest absolute Gasteiger partial charge is 0.147 e. The zero-order valence-corrected chi connectivity index (χ0v) is 8.70. The first-order valence-corrected chi connectivity index (χ1v) is 4.82. The topological polar surface area (TPSA) is 64.9 Å². The molecule has 0 spiro atoms. The number of aromatic nitrogens is 1. The fourth-order valence-corrected chi connectivity index (χ4v) is 1.59. The predicted molar refractivity (Wildman–Crippen MR) is 63.5 cm³/mol. The average molecular weight is 220 g/mol. The van der Waals surface area contributed by atoms with Crippen LogP contribution >= 0.6 is 11.6 Å². The van der Waals surface area contributed by atoms with E-state index in [9.17, 15) is 0 Å². The van der Waals surface area contributed by atoms with E-state index in [2.05, 4.69) is 4.98 Å². The van der Waals surface area contributed by atoms with Gasteiger partial charge in [-0.3, -0.25) is 0 Å². The number of hydrogen-bond donors (Lipinski definition) is 2.